The van der Waals surface area contributed by atoms with Crippen LogP contribution in [0.15, 0.2) is 41.5 Å². The summed E-state index contributed by atoms with van der Waals surface area (Å²) in [7, 11) is 0. The Balaban J connectivity index is 2.11. The van der Waals surface area contributed by atoms with Gasteiger partial charge in [-0.25, -0.2) is 4.98 Å². The third kappa shape index (κ3) is 2.10. The number of fused-ring (bicyclic) bond motifs is 1. The quantitative estimate of drug-likeness (QED) is 0.743. The lowest BCUT2D eigenvalue weighted by molar-refractivity contribution is 0.646. The molecule has 2 aromatic heterocycles. The molecular weight excluding hydrogens is 276 g/mol. The van der Waals surface area contributed by atoms with Crippen molar-refractivity contribution in [3.05, 3.63) is 57.9 Å². The lowest BCUT2D eigenvalue weighted by Crippen LogP contribution is -2.21. The Morgan fingerprint density at radius 2 is 2.10 bits per heavy atom. The molecule has 0 aliphatic heterocycles. The average Bonchev–Trinajstić information content (AvgIpc) is 2.82. The molecule has 0 radical (unpaired) electrons. The van der Waals surface area contributed by atoms with Crippen molar-refractivity contribution in [2.75, 3.05) is 0 Å². The van der Waals surface area contributed by atoms with Crippen molar-refractivity contribution >= 4 is 22.5 Å². The smallest absolute Gasteiger partial charge is 0.288 e. The van der Waals surface area contributed by atoms with Crippen LogP contribution >= 0.6 is 11.6 Å². The van der Waals surface area contributed by atoms with Crippen LogP contribution in [0.2, 0.25) is 5.15 Å². The van der Waals surface area contributed by atoms with Gasteiger partial charge in [0.2, 0.25) is 0 Å². The van der Waals surface area contributed by atoms with Crippen LogP contribution in [0.5, 0.6) is 0 Å². The van der Waals surface area contributed by atoms with Crippen LogP contribution in [0.3, 0.4) is 0 Å². The molecule has 0 saturated carbocycles. The fraction of sp³-hybridized carbons (Fsp3) is 0.214. The molecule has 2 heterocycles. The van der Waals surface area contributed by atoms with Crippen molar-refractivity contribution in [1.82, 2.24) is 19.3 Å². The maximum Gasteiger partial charge on any atom is 0.288 e. The van der Waals surface area contributed by atoms with Crippen LogP contribution < -0.4 is 5.56 Å². The minimum Gasteiger partial charge on any atom is -0.305 e. The summed E-state index contributed by atoms with van der Waals surface area (Å²) in [6, 6.07) is 7.99. The minimum atomic E-state index is -0.302. The predicted octanol–water partition coefficient (Wildman–Crippen LogP) is 2.31. The highest BCUT2D eigenvalue weighted by Crippen LogP contribution is 2.18. The summed E-state index contributed by atoms with van der Waals surface area (Å²) >= 11 is 5.76. The van der Waals surface area contributed by atoms with E-state index in [9.17, 15) is 4.79 Å². The predicted molar refractivity (Wildman–Crippen MR) is 78.0 cm³/mol. The van der Waals surface area contributed by atoms with E-state index in [-0.39, 0.29) is 10.7 Å². The molecule has 102 valence electrons. The van der Waals surface area contributed by atoms with E-state index in [0.29, 0.717) is 6.54 Å². The van der Waals surface area contributed by atoms with Gasteiger partial charge >= 0.3 is 0 Å². The van der Waals surface area contributed by atoms with Gasteiger partial charge in [-0.2, -0.15) is 5.10 Å². The Morgan fingerprint density at radius 1 is 1.30 bits per heavy atom. The molecule has 0 aliphatic rings. The molecule has 20 heavy (non-hydrogen) atoms. The van der Waals surface area contributed by atoms with E-state index in [2.05, 4.69) is 10.1 Å². The van der Waals surface area contributed by atoms with Gasteiger partial charge in [0.15, 0.2) is 5.15 Å². The molecule has 1 aromatic carbocycles. The number of aryl methyl sites for hydroxylation is 1. The third-order valence-corrected chi connectivity index (χ3v) is 3.49. The second-order valence-electron chi connectivity index (χ2n) is 4.43. The number of aromatic nitrogens is 4. The zero-order chi connectivity index (χ0) is 14.1. The summed E-state index contributed by atoms with van der Waals surface area (Å²) in [5, 5.41) is 5.60. The summed E-state index contributed by atoms with van der Waals surface area (Å²) in [6.07, 6.45) is 3.14. The van der Waals surface area contributed by atoms with Gasteiger partial charge in [-0.1, -0.05) is 29.8 Å². The first-order valence-electron chi connectivity index (χ1n) is 6.36. The maximum atomic E-state index is 11.9. The zero-order valence-electron chi connectivity index (χ0n) is 11.0. The number of nitrogens with zero attached hydrogens (tertiary/aromatic N) is 4. The monoisotopic (exact) mass is 288 g/mol. The molecule has 3 rings (SSSR count). The molecule has 0 saturated heterocycles. The molecule has 0 N–H and O–H groups in total. The Kier molecular flexibility index (Phi) is 3.28. The van der Waals surface area contributed by atoms with Gasteiger partial charge in [-0.15, -0.1) is 0 Å². The molecule has 0 atom stereocenters. The molecule has 6 heteroatoms. The van der Waals surface area contributed by atoms with Crippen LogP contribution in [0.4, 0.5) is 0 Å². The SMILES string of the molecule is CCn1nc(Cn2ccnc(Cl)c2=O)c2ccccc21. The minimum absolute atomic E-state index is 0.0215. The van der Waals surface area contributed by atoms with Crippen LogP contribution in [-0.2, 0) is 13.1 Å². The van der Waals surface area contributed by atoms with Gasteiger partial charge in [-0.05, 0) is 13.0 Å². The topological polar surface area (TPSA) is 52.7 Å². The van der Waals surface area contributed by atoms with E-state index >= 15 is 0 Å². The van der Waals surface area contributed by atoms with Crippen molar-refractivity contribution in [3.8, 4) is 0 Å². The number of hydrogen-bond acceptors (Lipinski definition) is 3. The first-order chi connectivity index (χ1) is 9.70. The van der Waals surface area contributed by atoms with Crippen molar-refractivity contribution in [3.63, 3.8) is 0 Å². The zero-order valence-corrected chi connectivity index (χ0v) is 11.7. The number of halogens is 1. The highest BCUT2D eigenvalue weighted by molar-refractivity contribution is 6.29. The molecule has 0 amide bonds. The molecule has 3 aromatic rings. The standard InChI is InChI=1S/C14H13ClN4O/c1-2-19-12-6-4-3-5-10(12)11(17-19)9-18-8-7-16-13(15)14(18)20/h3-8H,2,9H2,1H3. The van der Waals surface area contributed by atoms with Gasteiger partial charge in [-0.3, -0.25) is 9.48 Å². The number of rotatable bonds is 3. The fourth-order valence-corrected chi connectivity index (χ4v) is 2.43. The summed E-state index contributed by atoms with van der Waals surface area (Å²) in [6.45, 7) is 3.21. The Morgan fingerprint density at radius 3 is 2.90 bits per heavy atom. The molecule has 5 nitrogen and oxygen atoms in total. The number of hydrogen-bond donors (Lipinski definition) is 0. The van der Waals surface area contributed by atoms with Gasteiger partial charge in [0.05, 0.1) is 17.8 Å². The Bertz CT molecular complexity index is 821. The number of para-hydroxylation sites is 1. The lowest BCUT2D eigenvalue weighted by Gasteiger charge is -2.03. The largest absolute Gasteiger partial charge is 0.305 e. The third-order valence-electron chi connectivity index (χ3n) is 3.23. The number of benzene rings is 1. The van der Waals surface area contributed by atoms with Crippen LogP contribution in [0.25, 0.3) is 10.9 Å². The van der Waals surface area contributed by atoms with Gasteiger partial charge in [0.1, 0.15) is 0 Å². The van der Waals surface area contributed by atoms with Crippen LogP contribution in [0, 0.1) is 0 Å². The highest BCUT2D eigenvalue weighted by atomic mass is 35.5. The van der Waals surface area contributed by atoms with Crippen molar-refractivity contribution in [2.45, 2.75) is 20.0 Å². The summed E-state index contributed by atoms with van der Waals surface area (Å²) < 4.78 is 3.45. The molecular formula is C14H13ClN4O. The van der Waals surface area contributed by atoms with Crippen molar-refractivity contribution in [1.29, 1.82) is 0 Å². The first kappa shape index (κ1) is 12.9. The highest BCUT2D eigenvalue weighted by Gasteiger charge is 2.11. The van der Waals surface area contributed by atoms with E-state index in [1.807, 2.05) is 35.9 Å². The van der Waals surface area contributed by atoms with E-state index in [0.717, 1.165) is 23.1 Å². The van der Waals surface area contributed by atoms with Crippen LogP contribution in [-0.4, -0.2) is 19.3 Å². The maximum absolute atomic E-state index is 11.9. The van der Waals surface area contributed by atoms with E-state index in [1.165, 1.54) is 10.8 Å². The van der Waals surface area contributed by atoms with Crippen LogP contribution in [0.1, 0.15) is 12.6 Å². The summed E-state index contributed by atoms with van der Waals surface area (Å²) in [5.74, 6) is 0. The van der Waals surface area contributed by atoms with Crippen molar-refractivity contribution in [2.24, 2.45) is 0 Å². The second kappa shape index (κ2) is 5.09. The van der Waals surface area contributed by atoms with Crippen molar-refractivity contribution < 1.29 is 0 Å². The summed E-state index contributed by atoms with van der Waals surface area (Å²) in [4.78, 5) is 15.7. The molecule has 0 aliphatic carbocycles. The normalized spacial score (nSPS) is 11.1. The Labute approximate surface area is 120 Å². The van der Waals surface area contributed by atoms with Gasteiger partial charge in [0, 0.05) is 24.3 Å². The molecule has 0 fully saturated rings. The van der Waals surface area contributed by atoms with E-state index < -0.39 is 0 Å². The Hall–Kier alpha value is -2.14. The molecule has 0 spiro atoms. The average molecular weight is 289 g/mol. The molecule has 0 bridgehead atoms. The van der Waals surface area contributed by atoms with E-state index in [1.54, 1.807) is 6.20 Å². The van der Waals surface area contributed by atoms with Gasteiger partial charge < -0.3 is 4.57 Å². The molecule has 0 unspecified atom stereocenters. The lowest BCUT2D eigenvalue weighted by atomic mass is 10.2. The summed E-state index contributed by atoms with van der Waals surface area (Å²) in [5.41, 5.74) is 1.62. The first-order valence-corrected chi connectivity index (χ1v) is 6.74. The van der Waals surface area contributed by atoms with Gasteiger partial charge in [0.25, 0.3) is 5.56 Å². The second-order valence-corrected chi connectivity index (χ2v) is 4.79. The van der Waals surface area contributed by atoms with E-state index in [4.69, 9.17) is 11.6 Å². The fourth-order valence-electron chi connectivity index (χ4n) is 2.26.